The van der Waals surface area contributed by atoms with Gasteiger partial charge in [0.2, 0.25) is 0 Å². The van der Waals surface area contributed by atoms with E-state index in [0.29, 0.717) is 29.7 Å². The number of ketones is 1. The van der Waals surface area contributed by atoms with Crippen molar-refractivity contribution in [1.82, 2.24) is 0 Å². The summed E-state index contributed by atoms with van der Waals surface area (Å²) in [5.41, 5.74) is -4.31. The van der Waals surface area contributed by atoms with Crippen molar-refractivity contribution in [1.29, 1.82) is 0 Å². The van der Waals surface area contributed by atoms with E-state index in [1.54, 1.807) is 46.8 Å². The average molecular weight is 561 g/mol. The molecule has 40 heavy (non-hydrogen) atoms. The molecule has 1 aliphatic heterocycles. The molecule has 0 unspecified atom stereocenters. The molecule has 1 saturated heterocycles. The Bertz CT molecular complexity index is 1230. The Balaban J connectivity index is 1.59. The number of Topliss-reactive ketones (excluding diaryl/α,β-unsaturated/α-hetero) is 1. The zero-order valence-electron chi connectivity index (χ0n) is 23.9. The number of fused-ring (bicyclic) bond motifs is 5. The second kappa shape index (κ2) is 9.51. The predicted octanol–water partition coefficient (Wildman–Crippen LogP) is 2.58. The maximum Gasteiger partial charge on any atom is 0.336 e. The van der Waals surface area contributed by atoms with Crippen LogP contribution in [0, 0.1) is 16.7 Å². The SMILES string of the molecule is CC(=O)O[C@H]1[C@@H]2[C@]3(O)CO[C@@H]3CC[C@@]2(C)C(=O)CC2=C(C)[C@@H](OC(=O)[C@H](O)[C@@H](C)c3ccco3)C[C@]1(O)C2(C)C. The summed E-state index contributed by atoms with van der Waals surface area (Å²) in [6, 6.07) is 3.30. The molecular weight excluding hydrogens is 520 g/mol. The molecule has 4 aliphatic rings. The first-order valence-electron chi connectivity index (χ1n) is 14.0. The zero-order valence-corrected chi connectivity index (χ0v) is 23.9. The summed E-state index contributed by atoms with van der Waals surface area (Å²) in [4.78, 5) is 39.8. The Hall–Kier alpha value is -2.53. The van der Waals surface area contributed by atoms with Crippen molar-refractivity contribution in [2.75, 3.05) is 6.61 Å². The number of esters is 2. The molecule has 1 aromatic rings. The fourth-order valence-corrected chi connectivity index (χ4v) is 7.75. The standard InChI is InChI=1S/C30H40O10/c1-15-18-12-21(32)28(6)10-9-22-29(35,14-38-22)24(28)25(39-17(3)31)30(36,27(18,4)5)13-20(15)40-26(34)23(33)16(2)19-8-7-11-37-19/h7-8,11,16,20,22-25,33,35-36H,9-10,12-14H2,1-6H3/t16-,20-,22+,23+,24-,25-,28-,29-,30+/m0/s1. The summed E-state index contributed by atoms with van der Waals surface area (Å²) in [7, 11) is 0. The number of carbonyl (C=O) groups is 3. The fourth-order valence-electron chi connectivity index (χ4n) is 7.75. The van der Waals surface area contributed by atoms with Gasteiger partial charge in [0.25, 0.3) is 0 Å². The van der Waals surface area contributed by atoms with Crippen molar-refractivity contribution in [3.8, 4) is 0 Å². The topological polar surface area (TPSA) is 153 Å². The minimum atomic E-state index is -1.84. The van der Waals surface area contributed by atoms with Crippen LogP contribution in [-0.2, 0) is 28.6 Å². The molecule has 9 atom stereocenters. The van der Waals surface area contributed by atoms with Crippen LogP contribution in [0.5, 0.6) is 0 Å². The highest BCUT2D eigenvalue weighted by Crippen LogP contribution is 2.63. The molecule has 3 N–H and O–H groups in total. The lowest BCUT2D eigenvalue weighted by Crippen LogP contribution is -2.77. The number of furan rings is 1. The monoisotopic (exact) mass is 560 g/mol. The van der Waals surface area contributed by atoms with Crippen LogP contribution in [0.15, 0.2) is 34.0 Å². The highest BCUT2D eigenvalue weighted by molar-refractivity contribution is 5.88. The molecule has 10 heteroatoms. The summed E-state index contributed by atoms with van der Waals surface area (Å²) in [6.45, 7) is 9.92. The van der Waals surface area contributed by atoms with Gasteiger partial charge >= 0.3 is 11.9 Å². The van der Waals surface area contributed by atoms with Crippen molar-refractivity contribution in [3.63, 3.8) is 0 Å². The van der Waals surface area contributed by atoms with E-state index in [4.69, 9.17) is 18.6 Å². The molecule has 2 saturated carbocycles. The van der Waals surface area contributed by atoms with E-state index in [2.05, 4.69) is 0 Å². The van der Waals surface area contributed by atoms with Crippen LogP contribution < -0.4 is 0 Å². The number of rotatable bonds is 5. The van der Waals surface area contributed by atoms with Gasteiger partial charge in [-0.15, -0.1) is 0 Å². The number of aliphatic hydroxyl groups excluding tert-OH is 1. The number of hydrogen-bond acceptors (Lipinski definition) is 10. The molecule has 0 aromatic carbocycles. The van der Waals surface area contributed by atoms with Crippen molar-refractivity contribution in [2.24, 2.45) is 16.7 Å². The smallest absolute Gasteiger partial charge is 0.336 e. The van der Waals surface area contributed by atoms with Crippen molar-refractivity contribution in [3.05, 3.63) is 35.3 Å². The van der Waals surface area contributed by atoms with Gasteiger partial charge in [0, 0.05) is 36.5 Å². The van der Waals surface area contributed by atoms with Crippen LogP contribution >= 0.6 is 0 Å². The minimum Gasteiger partial charge on any atom is -0.469 e. The second-order valence-corrected chi connectivity index (χ2v) is 12.9. The van der Waals surface area contributed by atoms with Gasteiger partial charge in [-0.1, -0.05) is 33.3 Å². The van der Waals surface area contributed by atoms with Crippen LogP contribution in [0.4, 0.5) is 0 Å². The molecule has 10 nitrogen and oxygen atoms in total. The lowest BCUT2D eigenvalue weighted by molar-refractivity contribution is -0.329. The number of hydrogen-bond donors (Lipinski definition) is 3. The van der Waals surface area contributed by atoms with Crippen LogP contribution in [0.2, 0.25) is 0 Å². The first kappa shape index (κ1) is 29.0. The molecule has 3 aliphatic carbocycles. The largest absolute Gasteiger partial charge is 0.469 e. The van der Waals surface area contributed by atoms with E-state index in [1.807, 2.05) is 0 Å². The highest BCUT2D eigenvalue weighted by atomic mass is 16.6. The van der Waals surface area contributed by atoms with Gasteiger partial charge in [0.15, 0.2) is 6.10 Å². The minimum absolute atomic E-state index is 0.0259. The van der Waals surface area contributed by atoms with Crippen LogP contribution in [0.25, 0.3) is 0 Å². The first-order chi connectivity index (χ1) is 18.6. The normalized spacial score (nSPS) is 40.0. The van der Waals surface area contributed by atoms with Gasteiger partial charge in [-0.25, -0.2) is 4.79 Å². The van der Waals surface area contributed by atoms with E-state index in [9.17, 15) is 29.7 Å². The highest BCUT2D eigenvalue weighted by Gasteiger charge is 2.73. The molecule has 0 amide bonds. The summed E-state index contributed by atoms with van der Waals surface area (Å²) in [6.07, 6.45) is -2.28. The third kappa shape index (κ3) is 4.01. The van der Waals surface area contributed by atoms with E-state index < -0.39 is 70.2 Å². The molecular formula is C30H40O10. The Kier molecular flexibility index (Phi) is 6.89. The third-order valence-corrected chi connectivity index (χ3v) is 10.5. The second-order valence-electron chi connectivity index (χ2n) is 12.9. The molecule has 2 bridgehead atoms. The van der Waals surface area contributed by atoms with E-state index >= 15 is 0 Å². The lowest BCUT2D eigenvalue weighted by atomic mass is 9.46. The summed E-state index contributed by atoms with van der Waals surface area (Å²) in [5.74, 6) is -2.94. The van der Waals surface area contributed by atoms with Gasteiger partial charge in [-0.2, -0.15) is 0 Å². The molecule has 2 heterocycles. The van der Waals surface area contributed by atoms with Crippen LogP contribution in [0.1, 0.15) is 78.9 Å². The number of carbonyl (C=O) groups excluding carboxylic acids is 3. The van der Waals surface area contributed by atoms with Crippen LogP contribution in [0.3, 0.4) is 0 Å². The molecule has 1 aromatic heterocycles. The summed E-state index contributed by atoms with van der Waals surface area (Å²) >= 11 is 0. The Morgan fingerprint density at radius 3 is 2.45 bits per heavy atom. The van der Waals surface area contributed by atoms with Gasteiger partial charge in [0.05, 0.1) is 24.9 Å². The van der Waals surface area contributed by atoms with E-state index in [0.717, 1.165) is 0 Å². The van der Waals surface area contributed by atoms with Gasteiger partial charge < -0.3 is 33.9 Å². The van der Waals surface area contributed by atoms with Gasteiger partial charge in [-0.3, -0.25) is 9.59 Å². The average Bonchev–Trinajstić information content (AvgIpc) is 3.41. The maximum atomic E-state index is 14.1. The number of aliphatic hydroxyl groups is 3. The zero-order chi connectivity index (χ0) is 29.4. The molecule has 220 valence electrons. The summed E-state index contributed by atoms with van der Waals surface area (Å²) < 4.78 is 22.7. The van der Waals surface area contributed by atoms with Crippen molar-refractivity contribution < 1.29 is 48.3 Å². The van der Waals surface area contributed by atoms with E-state index in [-0.39, 0.29) is 25.2 Å². The first-order valence-corrected chi connectivity index (χ1v) is 14.0. The van der Waals surface area contributed by atoms with Crippen LogP contribution in [-0.4, -0.2) is 75.3 Å². The molecule has 0 spiro atoms. The molecule has 5 rings (SSSR count). The predicted molar refractivity (Wildman–Crippen MR) is 140 cm³/mol. The van der Waals surface area contributed by atoms with Gasteiger partial charge in [0.1, 0.15) is 35.0 Å². The fraction of sp³-hybridized carbons (Fsp3) is 0.700. The van der Waals surface area contributed by atoms with Gasteiger partial charge in [-0.05, 0) is 37.5 Å². The quantitative estimate of drug-likeness (QED) is 0.362. The Morgan fingerprint density at radius 2 is 1.88 bits per heavy atom. The van der Waals surface area contributed by atoms with E-state index in [1.165, 1.54) is 13.2 Å². The number of ether oxygens (including phenoxy) is 3. The maximum absolute atomic E-state index is 14.1. The Labute approximate surface area is 233 Å². The van der Waals surface area contributed by atoms with Crippen molar-refractivity contribution >= 4 is 17.7 Å². The summed E-state index contributed by atoms with van der Waals surface area (Å²) in [5, 5.41) is 35.3. The molecule has 0 radical (unpaired) electrons. The van der Waals surface area contributed by atoms with Crippen molar-refractivity contribution in [2.45, 2.75) is 109 Å². The Morgan fingerprint density at radius 1 is 1.18 bits per heavy atom. The lowest BCUT2D eigenvalue weighted by Gasteiger charge is -2.65. The third-order valence-electron chi connectivity index (χ3n) is 10.5. The molecule has 3 fully saturated rings.